The van der Waals surface area contributed by atoms with Crippen LogP contribution in [0.5, 0.6) is 5.75 Å². The first-order chi connectivity index (χ1) is 8.63. The normalized spacial score (nSPS) is 10.9. The summed E-state index contributed by atoms with van der Waals surface area (Å²) in [6.45, 7) is 6.81. The minimum Gasteiger partial charge on any atom is -0.496 e. The van der Waals surface area contributed by atoms with E-state index in [9.17, 15) is 0 Å². The van der Waals surface area contributed by atoms with Crippen LogP contribution < -0.4 is 4.74 Å². The maximum Gasteiger partial charge on any atom is 0.124 e. The van der Waals surface area contributed by atoms with E-state index in [1.54, 1.807) is 7.11 Å². The zero-order chi connectivity index (χ0) is 13.4. The molecular weight excluding hydrogens is 296 g/mol. The Kier molecular flexibility index (Phi) is 7.32. The molecule has 0 aliphatic rings. The van der Waals surface area contributed by atoms with E-state index in [0.717, 1.165) is 22.4 Å². The molecule has 0 radical (unpaired) electrons. The Morgan fingerprint density at radius 3 is 2.56 bits per heavy atom. The van der Waals surface area contributed by atoms with Crippen molar-refractivity contribution in [1.29, 1.82) is 0 Å². The van der Waals surface area contributed by atoms with Gasteiger partial charge < -0.3 is 14.2 Å². The number of rotatable bonds is 8. The minimum absolute atomic E-state index is 0.535. The topological polar surface area (TPSA) is 27.7 Å². The summed E-state index contributed by atoms with van der Waals surface area (Å²) in [5.41, 5.74) is 1.04. The highest BCUT2D eigenvalue weighted by Crippen LogP contribution is 2.23. The molecule has 0 heterocycles. The lowest BCUT2D eigenvalue weighted by molar-refractivity contribution is 0.0309. The van der Waals surface area contributed by atoms with Crippen molar-refractivity contribution in [3.63, 3.8) is 0 Å². The fourth-order valence-corrected chi connectivity index (χ4v) is 1.89. The van der Waals surface area contributed by atoms with Crippen molar-refractivity contribution in [1.82, 2.24) is 0 Å². The zero-order valence-electron chi connectivity index (χ0n) is 11.2. The monoisotopic (exact) mass is 316 g/mol. The Bertz CT molecular complexity index is 353. The quantitative estimate of drug-likeness (QED) is 0.685. The highest BCUT2D eigenvalue weighted by atomic mass is 79.9. The van der Waals surface area contributed by atoms with E-state index in [-0.39, 0.29) is 0 Å². The largest absolute Gasteiger partial charge is 0.496 e. The Morgan fingerprint density at radius 2 is 1.89 bits per heavy atom. The molecule has 102 valence electrons. The van der Waals surface area contributed by atoms with Crippen molar-refractivity contribution in [3.05, 3.63) is 28.2 Å². The molecule has 0 fully saturated rings. The van der Waals surface area contributed by atoms with E-state index < -0.39 is 0 Å². The second-order valence-electron chi connectivity index (χ2n) is 4.48. The van der Waals surface area contributed by atoms with Gasteiger partial charge in [-0.3, -0.25) is 0 Å². The highest BCUT2D eigenvalue weighted by Gasteiger charge is 2.03. The van der Waals surface area contributed by atoms with E-state index in [1.807, 2.05) is 18.2 Å². The van der Waals surface area contributed by atoms with Crippen LogP contribution in [-0.4, -0.2) is 26.9 Å². The second-order valence-corrected chi connectivity index (χ2v) is 5.39. The molecule has 0 saturated heterocycles. The summed E-state index contributed by atoms with van der Waals surface area (Å²) in [4.78, 5) is 0. The fraction of sp³-hybridized carbons (Fsp3) is 0.571. The predicted octanol–water partition coefficient (Wildman–Crippen LogP) is 3.65. The maximum atomic E-state index is 5.57. The summed E-state index contributed by atoms with van der Waals surface area (Å²) < 4.78 is 17.3. The van der Waals surface area contributed by atoms with Crippen LogP contribution in [0.2, 0.25) is 0 Å². The first kappa shape index (κ1) is 15.5. The lowest BCUT2D eigenvalue weighted by Gasteiger charge is -2.10. The van der Waals surface area contributed by atoms with Crippen LogP contribution in [0, 0.1) is 5.92 Å². The van der Waals surface area contributed by atoms with Crippen LogP contribution in [0.15, 0.2) is 22.7 Å². The van der Waals surface area contributed by atoms with Crippen molar-refractivity contribution >= 4 is 15.9 Å². The average molecular weight is 317 g/mol. The molecule has 0 saturated carbocycles. The molecule has 1 aromatic rings. The number of methoxy groups -OCH3 is 1. The molecular formula is C14H21BrO3. The molecule has 0 aromatic heterocycles. The van der Waals surface area contributed by atoms with Crippen molar-refractivity contribution in [3.8, 4) is 5.75 Å². The van der Waals surface area contributed by atoms with Crippen molar-refractivity contribution in [2.75, 3.05) is 26.9 Å². The van der Waals surface area contributed by atoms with Crippen LogP contribution in [0.3, 0.4) is 0 Å². The summed E-state index contributed by atoms with van der Waals surface area (Å²) >= 11 is 3.44. The van der Waals surface area contributed by atoms with Gasteiger partial charge in [-0.05, 0) is 24.1 Å². The van der Waals surface area contributed by atoms with E-state index in [1.165, 1.54) is 0 Å². The van der Waals surface area contributed by atoms with E-state index >= 15 is 0 Å². The van der Waals surface area contributed by atoms with Gasteiger partial charge in [-0.15, -0.1) is 0 Å². The van der Waals surface area contributed by atoms with E-state index in [0.29, 0.717) is 25.7 Å². The molecule has 0 atom stereocenters. The fourth-order valence-electron chi connectivity index (χ4n) is 1.48. The molecule has 0 amide bonds. The van der Waals surface area contributed by atoms with Gasteiger partial charge in [-0.2, -0.15) is 0 Å². The molecule has 0 bridgehead atoms. The van der Waals surface area contributed by atoms with Gasteiger partial charge in [-0.1, -0.05) is 29.8 Å². The van der Waals surface area contributed by atoms with Crippen LogP contribution in [0.25, 0.3) is 0 Å². The summed E-state index contributed by atoms with van der Waals surface area (Å²) in [6.07, 6.45) is 0. The number of hydrogen-bond donors (Lipinski definition) is 0. The maximum absolute atomic E-state index is 5.57. The Hall–Kier alpha value is -0.580. The summed E-state index contributed by atoms with van der Waals surface area (Å²) in [5.74, 6) is 1.41. The molecule has 3 nitrogen and oxygen atoms in total. The highest BCUT2D eigenvalue weighted by molar-refractivity contribution is 9.10. The lowest BCUT2D eigenvalue weighted by atomic mass is 10.2. The lowest BCUT2D eigenvalue weighted by Crippen LogP contribution is -2.08. The third-order valence-corrected chi connectivity index (χ3v) is 2.82. The Labute approximate surface area is 118 Å². The minimum atomic E-state index is 0.535. The van der Waals surface area contributed by atoms with Crippen LogP contribution >= 0.6 is 15.9 Å². The molecule has 0 aliphatic carbocycles. The van der Waals surface area contributed by atoms with Gasteiger partial charge in [0.1, 0.15) is 5.75 Å². The van der Waals surface area contributed by atoms with Gasteiger partial charge in [0.25, 0.3) is 0 Å². The molecule has 0 spiro atoms. The summed E-state index contributed by atoms with van der Waals surface area (Å²) in [6, 6.07) is 5.89. The Balaban J connectivity index is 2.28. The molecule has 1 aromatic carbocycles. The summed E-state index contributed by atoms with van der Waals surface area (Å²) in [7, 11) is 1.67. The van der Waals surface area contributed by atoms with Crippen molar-refractivity contribution in [2.24, 2.45) is 5.92 Å². The second kappa shape index (κ2) is 8.51. The smallest absolute Gasteiger partial charge is 0.124 e. The van der Waals surface area contributed by atoms with Crippen molar-refractivity contribution < 1.29 is 14.2 Å². The number of ether oxygens (including phenoxy) is 3. The average Bonchev–Trinajstić information content (AvgIpc) is 2.33. The van der Waals surface area contributed by atoms with Crippen LogP contribution in [0.1, 0.15) is 19.4 Å². The zero-order valence-corrected chi connectivity index (χ0v) is 12.8. The SMILES string of the molecule is COc1ccc(Br)cc1COCCOCC(C)C. The van der Waals surface area contributed by atoms with Gasteiger partial charge in [-0.25, -0.2) is 0 Å². The molecule has 0 unspecified atom stereocenters. The number of hydrogen-bond acceptors (Lipinski definition) is 3. The van der Waals surface area contributed by atoms with Crippen LogP contribution in [-0.2, 0) is 16.1 Å². The van der Waals surface area contributed by atoms with E-state index in [2.05, 4.69) is 29.8 Å². The van der Waals surface area contributed by atoms with Crippen LogP contribution in [0.4, 0.5) is 0 Å². The summed E-state index contributed by atoms with van der Waals surface area (Å²) in [5, 5.41) is 0. The van der Waals surface area contributed by atoms with Gasteiger partial charge in [0.05, 0.1) is 26.9 Å². The first-order valence-corrected chi connectivity index (χ1v) is 6.90. The van der Waals surface area contributed by atoms with Gasteiger partial charge in [0, 0.05) is 16.6 Å². The molecule has 18 heavy (non-hydrogen) atoms. The van der Waals surface area contributed by atoms with Crippen molar-refractivity contribution in [2.45, 2.75) is 20.5 Å². The molecule has 0 aliphatic heterocycles. The standard InChI is InChI=1S/C14H21BrO3/c1-11(2)9-17-6-7-18-10-12-8-13(15)4-5-14(12)16-3/h4-5,8,11H,6-7,9-10H2,1-3H3. The molecule has 1 rings (SSSR count). The number of benzene rings is 1. The molecule has 0 N–H and O–H groups in total. The third kappa shape index (κ3) is 5.85. The number of halogens is 1. The van der Waals surface area contributed by atoms with Gasteiger partial charge in [0.15, 0.2) is 0 Å². The first-order valence-electron chi connectivity index (χ1n) is 6.11. The Morgan fingerprint density at radius 1 is 1.17 bits per heavy atom. The third-order valence-electron chi connectivity index (χ3n) is 2.32. The molecule has 4 heteroatoms. The van der Waals surface area contributed by atoms with E-state index in [4.69, 9.17) is 14.2 Å². The van der Waals surface area contributed by atoms with Gasteiger partial charge in [0.2, 0.25) is 0 Å². The van der Waals surface area contributed by atoms with Gasteiger partial charge >= 0.3 is 0 Å². The predicted molar refractivity (Wildman–Crippen MR) is 76.0 cm³/mol.